The fourth-order valence-electron chi connectivity index (χ4n) is 1.97. The molecule has 0 saturated carbocycles. The van der Waals surface area contributed by atoms with Crippen molar-refractivity contribution in [2.24, 2.45) is 5.41 Å². The molecule has 18 heavy (non-hydrogen) atoms. The molecule has 0 spiro atoms. The second-order valence-corrected chi connectivity index (χ2v) is 7.47. The number of hydrogen-bond donors (Lipinski definition) is 1. The molecule has 1 aromatic rings. The Morgan fingerprint density at radius 1 is 1.33 bits per heavy atom. The van der Waals surface area contributed by atoms with Gasteiger partial charge in [-0.1, -0.05) is 39.3 Å². The number of benzene rings is 1. The van der Waals surface area contributed by atoms with Gasteiger partial charge in [0.05, 0.1) is 0 Å². The van der Waals surface area contributed by atoms with Gasteiger partial charge in [-0.05, 0) is 71.2 Å². The van der Waals surface area contributed by atoms with Gasteiger partial charge in [0.2, 0.25) is 0 Å². The quantitative estimate of drug-likeness (QED) is 0.673. The minimum Gasteiger partial charge on any atom is -0.310 e. The van der Waals surface area contributed by atoms with Crippen molar-refractivity contribution in [3.8, 4) is 0 Å². The zero-order valence-corrected chi connectivity index (χ0v) is 14.6. The maximum atomic E-state index is 6.12. The van der Waals surface area contributed by atoms with Gasteiger partial charge < -0.3 is 5.32 Å². The Labute approximate surface area is 130 Å². The molecule has 0 aliphatic rings. The second-order valence-electron chi connectivity index (χ2n) is 5.88. The summed E-state index contributed by atoms with van der Waals surface area (Å²) in [4.78, 5) is 0. The molecule has 3 heteroatoms. The van der Waals surface area contributed by atoms with Crippen molar-refractivity contribution in [1.82, 2.24) is 5.32 Å². The minimum atomic E-state index is 0.373. The number of nitrogens with one attached hydrogen (secondary N) is 1. The maximum absolute atomic E-state index is 6.12. The van der Waals surface area contributed by atoms with E-state index >= 15 is 0 Å². The number of hydrogen-bond acceptors (Lipinski definition) is 1. The molecule has 0 aliphatic heterocycles. The summed E-state index contributed by atoms with van der Waals surface area (Å²) in [7, 11) is 0. The van der Waals surface area contributed by atoms with Gasteiger partial charge in [-0.15, -0.1) is 0 Å². The molecular weight excluding hydrogens is 357 g/mol. The molecule has 1 N–H and O–H groups in total. The van der Waals surface area contributed by atoms with Gasteiger partial charge in [0.25, 0.3) is 0 Å². The van der Waals surface area contributed by atoms with E-state index in [1.807, 2.05) is 6.07 Å². The largest absolute Gasteiger partial charge is 0.310 e. The van der Waals surface area contributed by atoms with Crippen LogP contribution in [0.2, 0.25) is 5.02 Å². The standard InChI is InChI=1S/C15H23ClIN/c1-5-18-14(8-9-15(2,3)4)12-10-11(16)6-7-13(12)17/h6-7,10,14,18H,5,8-9H2,1-4H3. The summed E-state index contributed by atoms with van der Waals surface area (Å²) in [5.74, 6) is 0. The predicted octanol–water partition coefficient (Wildman–Crippen LogP) is 5.42. The maximum Gasteiger partial charge on any atom is 0.0410 e. The van der Waals surface area contributed by atoms with Gasteiger partial charge in [-0.2, -0.15) is 0 Å². The summed E-state index contributed by atoms with van der Waals surface area (Å²) in [5, 5.41) is 4.40. The van der Waals surface area contributed by atoms with E-state index in [4.69, 9.17) is 11.6 Å². The van der Waals surface area contributed by atoms with Crippen LogP contribution in [-0.4, -0.2) is 6.54 Å². The average molecular weight is 380 g/mol. The molecule has 1 atom stereocenters. The Hall–Kier alpha value is 0.200. The van der Waals surface area contributed by atoms with Crippen LogP contribution < -0.4 is 5.32 Å². The van der Waals surface area contributed by atoms with Gasteiger partial charge in [-0.3, -0.25) is 0 Å². The number of halogens is 2. The third kappa shape index (κ3) is 5.45. The second kappa shape index (κ2) is 7.11. The van der Waals surface area contributed by atoms with Crippen LogP contribution in [0.5, 0.6) is 0 Å². The lowest BCUT2D eigenvalue weighted by atomic mass is 9.87. The summed E-state index contributed by atoms with van der Waals surface area (Å²) < 4.78 is 1.29. The fraction of sp³-hybridized carbons (Fsp3) is 0.600. The van der Waals surface area contributed by atoms with E-state index in [0.29, 0.717) is 11.5 Å². The van der Waals surface area contributed by atoms with Crippen molar-refractivity contribution >= 4 is 34.2 Å². The average Bonchev–Trinajstić information content (AvgIpc) is 2.26. The summed E-state index contributed by atoms with van der Waals surface area (Å²) in [5.41, 5.74) is 1.70. The Morgan fingerprint density at radius 2 is 2.00 bits per heavy atom. The van der Waals surface area contributed by atoms with Gasteiger partial charge in [-0.25, -0.2) is 0 Å². The lowest BCUT2D eigenvalue weighted by Gasteiger charge is -2.25. The van der Waals surface area contributed by atoms with Crippen molar-refractivity contribution < 1.29 is 0 Å². The number of rotatable bonds is 5. The summed E-state index contributed by atoms with van der Waals surface area (Å²) in [6, 6.07) is 6.55. The first kappa shape index (κ1) is 16.3. The van der Waals surface area contributed by atoms with Gasteiger partial charge in [0, 0.05) is 14.6 Å². The molecule has 0 fully saturated rings. The van der Waals surface area contributed by atoms with Crippen LogP contribution in [0.15, 0.2) is 18.2 Å². The van der Waals surface area contributed by atoms with E-state index in [9.17, 15) is 0 Å². The normalized spacial score (nSPS) is 13.7. The molecule has 0 saturated heterocycles. The molecule has 0 amide bonds. The van der Waals surface area contributed by atoms with Crippen LogP contribution in [0.3, 0.4) is 0 Å². The van der Waals surface area contributed by atoms with E-state index in [2.05, 4.69) is 67.7 Å². The first-order valence-corrected chi connectivity index (χ1v) is 7.97. The van der Waals surface area contributed by atoms with Crippen LogP contribution in [0, 0.1) is 8.99 Å². The molecule has 1 rings (SSSR count). The van der Waals surface area contributed by atoms with Crippen molar-refractivity contribution in [3.63, 3.8) is 0 Å². The van der Waals surface area contributed by atoms with Crippen LogP contribution in [0.25, 0.3) is 0 Å². The molecule has 0 bridgehead atoms. The Morgan fingerprint density at radius 3 is 2.56 bits per heavy atom. The first-order chi connectivity index (χ1) is 8.33. The highest BCUT2D eigenvalue weighted by Gasteiger charge is 2.18. The van der Waals surface area contributed by atoms with Crippen molar-refractivity contribution in [3.05, 3.63) is 32.4 Å². The molecule has 102 valence electrons. The van der Waals surface area contributed by atoms with Gasteiger partial charge in [0.1, 0.15) is 0 Å². The van der Waals surface area contributed by atoms with Crippen LogP contribution >= 0.6 is 34.2 Å². The predicted molar refractivity (Wildman–Crippen MR) is 89.3 cm³/mol. The summed E-state index contributed by atoms with van der Waals surface area (Å²) in [6.07, 6.45) is 2.35. The summed E-state index contributed by atoms with van der Waals surface area (Å²) in [6.45, 7) is 10.0. The molecule has 1 aromatic carbocycles. The van der Waals surface area contributed by atoms with E-state index in [1.54, 1.807) is 0 Å². The Bertz CT molecular complexity index is 385. The lowest BCUT2D eigenvalue weighted by Crippen LogP contribution is -2.23. The third-order valence-electron chi connectivity index (χ3n) is 2.97. The molecule has 0 aliphatic carbocycles. The molecular formula is C15H23ClIN. The van der Waals surface area contributed by atoms with Crippen molar-refractivity contribution in [2.45, 2.75) is 46.6 Å². The monoisotopic (exact) mass is 379 g/mol. The van der Waals surface area contributed by atoms with E-state index in [1.165, 1.54) is 15.6 Å². The SMILES string of the molecule is CCNC(CCC(C)(C)C)c1cc(Cl)ccc1I. The lowest BCUT2D eigenvalue weighted by molar-refractivity contribution is 0.333. The van der Waals surface area contributed by atoms with E-state index < -0.39 is 0 Å². The zero-order valence-electron chi connectivity index (χ0n) is 11.7. The molecule has 0 heterocycles. The van der Waals surface area contributed by atoms with Gasteiger partial charge >= 0.3 is 0 Å². The van der Waals surface area contributed by atoms with Crippen LogP contribution in [0.4, 0.5) is 0 Å². The highest BCUT2D eigenvalue weighted by molar-refractivity contribution is 14.1. The molecule has 1 nitrogen and oxygen atoms in total. The third-order valence-corrected chi connectivity index (χ3v) is 4.18. The highest BCUT2D eigenvalue weighted by Crippen LogP contribution is 2.31. The Balaban J connectivity index is 2.86. The molecule has 1 unspecified atom stereocenters. The highest BCUT2D eigenvalue weighted by atomic mass is 127. The fourth-order valence-corrected chi connectivity index (χ4v) is 2.86. The van der Waals surface area contributed by atoms with E-state index in [0.717, 1.165) is 18.0 Å². The smallest absolute Gasteiger partial charge is 0.0410 e. The van der Waals surface area contributed by atoms with E-state index in [-0.39, 0.29) is 0 Å². The van der Waals surface area contributed by atoms with Gasteiger partial charge in [0.15, 0.2) is 0 Å². The topological polar surface area (TPSA) is 12.0 Å². The van der Waals surface area contributed by atoms with Crippen molar-refractivity contribution in [2.75, 3.05) is 6.54 Å². The zero-order chi connectivity index (χ0) is 13.8. The minimum absolute atomic E-state index is 0.373. The summed E-state index contributed by atoms with van der Waals surface area (Å²) >= 11 is 8.51. The van der Waals surface area contributed by atoms with Crippen molar-refractivity contribution in [1.29, 1.82) is 0 Å². The first-order valence-electron chi connectivity index (χ1n) is 6.52. The Kier molecular flexibility index (Phi) is 6.42. The molecule has 0 aromatic heterocycles. The van der Waals surface area contributed by atoms with Crippen LogP contribution in [-0.2, 0) is 0 Å². The van der Waals surface area contributed by atoms with Crippen LogP contribution in [0.1, 0.15) is 52.1 Å². The molecule has 0 radical (unpaired) electrons.